The number of carbonyl (C=O) groups is 2. The predicted octanol–water partition coefficient (Wildman–Crippen LogP) is 3.29. The van der Waals surface area contributed by atoms with Crippen LogP contribution in [-0.2, 0) is 6.54 Å². The SMILES string of the molecule is O=C(NCCN(CCNC(=O)c1ccccn1)Cc1ccc2ccccc2c1)c1ccccn1. The summed E-state index contributed by atoms with van der Waals surface area (Å²) in [6.45, 7) is 2.90. The molecule has 7 nitrogen and oxygen atoms in total. The number of fused-ring (bicyclic) bond motifs is 1. The fourth-order valence-electron chi connectivity index (χ4n) is 3.70. The molecule has 2 amide bonds. The zero-order valence-corrected chi connectivity index (χ0v) is 18.9. The van der Waals surface area contributed by atoms with Gasteiger partial charge in [-0.3, -0.25) is 24.5 Å². The Bertz CT molecular complexity index is 1170. The zero-order chi connectivity index (χ0) is 23.6. The highest BCUT2D eigenvalue weighted by Crippen LogP contribution is 2.16. The summed E-state index contributed by atoms with van der Waals surface area (Å²) in [7, 11) is 0. The second-order valence-corrected chi connectivity index (χ2v) is 7.90. The van der Waals surface area contributed by atoms with Crippen LogP contribution < -0.4 is 10.6 Å². The van der Waals surface area contributed by atoms with Crippen molar-refractivity contribution in [1.82, 2.24) is 25.5 Å². The number of hydrogen-bond acceptors (Lipinski definition) is 5. The molecule has 0 aliphatic carbocycles. The normalized spacial score (nSPS) is 10.9. The van der Waals surface area contributed by atoms with E-state index >= 15 is 0 Å². The first-order chi connectivity index (χ1) is 16.7. The van der Waals surface area contributed by atoms with E-state index in [9.17, 15) is 9.59 Å². The number of rotatable bonds is 10. The summed E-state index contributed by atoms with van der Waals surface area (Å²) < 4.78 is 0. The summed E-state index contributed by atoms with van der Waals surface area (Å²) in [5.41, 5.74) is 1.96. The molecule has 0 spiro atoms. The van der Waals surface area contributed by atoms with Crippen molar-refractivity contribution in [3.05, 3.63) is 108 Å². The summed E-state index contributed by atoms with van der Waals surface area (Å²) in [6.07, 6.45) is 3.20. The number of pyridine rings is 2. The van der Waals surface area contributed by atoms with Gasteiger partial charge in [0, 0.05) is 45.1 Å². The third-order valence-electron chi connectivity index (χ3n) is 5.44. The maximum absolute atomic E-state index is 12.3. The van der Waals surface area contributed by atoms with Crippen LogP contribution in [0, 0.1) is 0 Å². The van der Waals surface area contributed by atoms with Gasteiger partial charge in [-0.05, 0) is 46.7 Å². The molecule has 0 unspecified atom stereocenters. The first kappa shape index (κ1) is 23.1. The van der Waals surface area contributed by atoms with Gasteiger partial charge in [-0.25, -0.2) is 0 Å². The molecule has 7 heteroatoms. The fourth-order valence-corrected chi connectivity index (χ4v) is 3.70. The van der Waals surface area contributed by atoms with Gasteiger partial charge in [0.15, 0.2) is 0 Å². The van der Waals surface area contributed by atoms with Gasteiger partial charge in [0.1, 0.15) is 11.4 Å². The van der Waals surface area contributed by atoms with Crippen molar-refractivity contribution >= 4 is 22.6 Å². The second kappa shape index (κ2) is 11.7. The van der Waals surface area contributed by atoms with E-state index < -0.39 is 0 Å². The number of hydrogen-bond donors (Lipinski definition) is 2. The molecule has 0 radical (unpaired) electrons. The topological polar surface area (TPSA) is 87.2 Å². The average molecular weight is 454 g/mol. The van der Waals surface area contributed by atoms with Gasteiger partial charge in [0.25, 0.3) is 11.8 Å². The van der Waals surface area contributed by atoms with Crippen molar-refractivity contribution in [3.8, 4) is 0 Å². The van der Waals surface area contributed by atoms with Crippen molar-refractivity contribution in [3.63, 3.8) is 0 Å². The first-order valence-electron chi connectivity index (χ1n) is 11.3. The van der Waals surface area contributed by atoms with Gasteiger partial charge in [-0.15, -0.1) is 0 Å². The third-order valence-corrected chi connectivity index (χ3v) is 5.44. The van der Waals surface area contributed by atoms with E-state index in [2.05, 4.69) is 55.8 Å². The molecule has 34 heavy (non-hydrogen) atoms. The molecule has 2 aromatic heterocycles. The largest absolute Gasteiger partial charge is 0.349 e. The van der Waals surface area contributed by atoms with Gasteiger partial charge in [0.05, 0.1) is 0 Å². The lowest BCUT2D eigenvalue weighted by molar-refractivity contribution is 0.0942. The Morgan fingerprint density at radius 3 is 1.79 bits per heavy atom. The minimum absolute atomic E-state index is 0.199. The molecule has 2 aromatic carbocycles. The van der Waals surface area contributed by atoms with Crippen LogP contribution >= 0.6 is 0 Å². The molecule has 172 valence electrons. The Labute approximate surface area is 198 Å². The van der Waals surface area contributed by atoms with Crippen LogP contribution in [0.5, 0.6) is 0 Å². The highest BCUT2D eigenvalue weighted by molar-refractivity contribution is 5.92. The first-order valence-corrected chi connectivity index (χ1v) is 11.3. The van der Waals surface area contributed by atoms with Crippen LogP contribution in [0.2, 0.25) is 0 Å². The van der Waals surface area contributed by atoms with Crippen LogP contribution in [0.1, 0.15) is 26.5 Å². The van der Waals surface area contributed by atoms with Crippen molar-refractivity contribution in [2.24, 2.45) is 0 Å². The van der Waals surface area contributed by atoms with Crippen LogP contribution in [0.3, 0.4) is 0 Å². The van der Waals surface area contributed by atoms with Crippen LogP contribution in [0.25, 0.3) is 10.8 Å². The number of nitrogens with one attached hydrogen (secondary N) is 2. The summed E-state index contributed by atoms with van der Waals surface area (Å²) >= 11 is 0. The molecule has 2 heterocycles. The number of nitrogens with zero attached hydrogens (tertiary/aromatic N) is 3. The molecule has 4 aromatic rings. The van der Waals surface area contributed by atoms with Crippen molar-refractivity contribution in [2.45, 2.75) is 6.54 Å². The van der Waals surface area contributed by atoms with E-state index in [-0.39, 0.29) is 11.8 Å². The lowest BCUT2D eigenvalue weighted by Gasteiger charge is -2.23. The molecule has 0 saturated carbocycles. The van der Waals surface area contributed by atoms with E-state index in [1.807, 2.05) is 12.1 Å². The lowest BCUT2D eigenvalue weighted by Crippen LogP contribution is -2.39. The van der Waals surface area contributed by atoms with Crippen LogP contribution in [0.4, 0.5) is 0 Å². The Hall–Kier alpha value is -4.10. The summed E-state index contributed by atoms with van der Waals surface area (Å²) in [5.74, 6) is -0.399. The molecule has 0 saturated heterocycles. The number of carbonyl (C=O) groups excluding carboxylic acids is 2. The lowest BCUT2D eigenvalue weighted by atomic mass is 10.1. The molecular weight excluding hydrogens is 426 g/mol. The van der Waals surface area contributed by atoms with E-state index in [0.717, 1.165) is 0 Å². The average Bonchev–Trinajstić information content (AvgIpc) is 2.89. The molecule has 0 atom stereocenters. The van der Waals surface area contributed by atoms with Crippen molar-refractivity contribution in [1.29, 1.82) is 0 Å². The Balaban J connectivity index is 1.37. The third kappa shape index (κ3) is 6.46. The van der Waals surface area contributed by atoms with Crippen molar-refractivity contribution in [2.75, 3.05) is 26.2 Å². The molecule has 0 aliphatic rings. The van der Waals surface area contributed by atoms with Crippen LogP contribution in [0.15, 0.2) is 91.3 Å². The van der Waals surface area contributed by atoms with E-state index in [1.165, 1.54) is 16.3 Å². The zero-order valence-electron chi connectivity index (χ0n) is 18.9. The summed E-state index contributed by atoms with van der Waals surface area (Å²) in [4.78, 5) is 35.1. The molecule has 0 bridgehead atoms. The fraction of sp³-hybridized carbons (Fsp3) is 0.185. The van der Waals surface area contributed by atoms with Gasteiger partial charge < -0.3 is 10.6 Å². The quantitative estimate of drug-likeness (QED) is 0.385. The Kier molecular flexibility index (Phi) is 7.92. The van der Waals surface area contributed by atoms with Crippen molar-refractivity contribution < 1.29 is 9.59 Å². The Morgan fingerprint density at radius 1 is 0.676 bits per heavy atom. The highest BCUT2D eigenvalue weighted by atomic mass is 16.2. The van der Waals surface area contributed by atoms with Gasteiger partial charge in [-0.1, -0.05) is 48.5 Å². The Morgan fingerprint density at radius 2 is 1.24 bits per heavy atom. The van der Waals surface area contributed by atoms with Gasteiger partial charge in [-0.2, -0.15) is 0 Å². The monoisotopic (exact) mass is 453 g/mol. The smallest absolute Gasteiger partial charge is 0.269 e. The molecule has 0 fully saturated rings. The standard InChI is InChI=1S/C27H27N5O2/c33-26(24-9-3-5-13-28-24)30-15-17-32(18-16-31-27(34)25-10-4-6-14-29-25)20-21-11-12-22-7-1-2-8-23(22)19-21/h1-14,19H,15-18,20H2,(H,30,33)(H,31,34). The van der Waals surface area contributed by atoms with Crippen LogP contribution in [-0.4, -0.2) is 52.9 Å². The predicted molar refractivity (Wildman–Crippen MR) is 132 cm³/mol. The number of benzene rings is 2. The number of amides is 2. The molecule has 2 N–H and O–H groups in total. The van der Waals surface area contributed by atoms with Gasteiger partial charge in [0.2, 0.25) is 0 Å². The molecular formula is C27H27N5O2. The highest BCUT2D eigenvalue weighted by Gasteiger charge is 2.11. The second-order valence-electron chi connectivity index (χ2n) is 7.90. The minimum atomic E-state index is -0.199. The summed E-state index contributed by atoms with van der Waals surface area (Å²) in [6, 6.07) is 25.2. The maximum Gasteiger partial charge on any atom is 0.269 e. The number of aromatic nitrogens is 2. The van der Waals surface area contributed by atoms with E-state index in [4.69, 9.17) is 0 Å². The van der Waals surface area contributed by atoms with E-state index in [0.29, 0.717) is 44.1 Å². The minimum Gasteiger partial charge on any atom is -0.349 e. The summed E-state index contributed by atoms with van der Waals surface area (Å²) in [5, 5.41) is 8.24. The molecule has 4 rings (SSSR count). The van der Waals surface area contributed by atoms with Gasteiger partial charge >= 0.3 is 0 Å². The van der Waals surface area contributed by atoms with E-state index in [1.54, 1.807) is 48.8 Å². The maximum atomic E-state index is 12.3. The molecule has 0 aliphatic heterocycles.